The summed E-state index contributed by atoms with van der Waals surface area (Å²) >= 11 is 5.80. The van der Waals surface area contributed by atoms with Gasteiger partial charge in [-0.25, -0.2) is 0 Å². The first kappa shape index (κ1) is 9.81. The van der Waals surface area contributed by atoms with Gasteiger partial charge in [-0.1, -0.05) is 49.2 Å². The van der Waals surface area contributed by atoms with Crippen LogP contribution >= 0.6 is 11.6 Å². The van der Waals surface area contributed by atoms with Crippen molar-refractivity contribution < 1.29 is 0 Å². The van der Waals surface area contributed by atoms with Gasteiger partial charge < -0.3 is 0 Å². The molecule has 1 rings (SSSR count). The normalized spacial score (nSPS) is 13.9. The van der Waals surface area contributed by atoms with Crippen molar-refractivity contribution in [2.45, 2.75) is 25.8 Å². The van der Waals surface area contributed by atoms with Crippen molar-refractivity contribution in [3.63, 3.8) is 0 Å². The summed E-state index contributed by atoms with van der Waals surface area (Å²) in [6.07, 6.45) is 1.30. The van der Waals surface area contributed by atoms with Crippen molar-refractivity contribution in [1.82, 2.24) is 0 Å². The molecule has 0 aliphatic heterocycles. The summed E-state index contributed by atoms with van der Waals surface area (Å²) in [6, 6.07) is 8.32. The molecule has 2 heteroatoms. The molecule has 0 aliphatic rings. The summed E-state index contributed by atoms with van der Waals surface area (Å²) in [5.74, 6) is 0. The van der Waals surface area contributed by atoms with Crippen LogP contribution in [0.1, 0.15) is 20.3 Å². The molecule has 0 heterocycles. The molecule has 66 valence electrons. The maximum Gasteiger partial charge on any atom is 0.0575 e. The van der Waals surface area contributed by atoms with Gasteiger partial charge in [0.1, 0.15) is 0 Å². The van der Waals surface area contributed by atoms with E-state index in [9.17, 15) is 0 Å². The Kier molecular flexibility index (Phi) is 3.83. The Labute approximate surface area is 81.8 Å². The Hall–Kier alpha value is -0.273. The summed E-state index contributed by atoms with van der Waals surface area (Å²) in [5, 5.41) is 2.37. The van der Waals surface area contributed by atoms with Crippen molar-refractivity contribution in [2.24, 2.45) is 0 Å². The highest BCUT2D eigenvalue weighted by atomic mass is 35.5. The summed E-state index contributed by atoms with van der Waals surface area (Å²) in [5.41, 5.74) is 0.908. The van der Waals surface area contributed by atoms with E-state index in [1.807, 2.05) is 12.1 Å². The standard InChI is InChI=1S/C10H15ClSi/c1-3-8(2)12-10-6-4-9(11)5-7-10/h4-8H,3,12H2,1-2H3. The van der Waals surface area contributed by atoms with Gasteiger partial charge in [0, 0.05) is 5.02 Å². The van der Waals surface area contributed by atoms with Crippen molar-refractivity contribution >= 4 is 26.3 Å². The molecule has 0 bridgehead atoms. The van der Waals surface area contributed by atoms with E-state index in [0.717, 1.165) is 10.6 Å². The third kappa shape index (κ3) is 3.00. The number of halogens is 1. The SMILES string of the molecule is CCC(C)[SiH2]c1ccc(Cl)cc1. The average molecular weight is 199 g/mol. The Morgan fingerprint density at radius 3 is 2.42 bits per heavy atom. The first-order chi connectivity index (χ1) is 5.72. The fourth-order valence-electron chi connectivity index (χ4n) is 1.17. The fourth-order valence-corrected chi connectivity index (χ4v) is 2.89. The monoisotopic (exact) mass is 198 g/mol. The average Bonchev–Trinajstić information content (AvgIpc) is 2.09. The molecule has 0 fully saturated rings. The zero-order chi connectivity index (χ0) is 8.97. The molecule has 0 amide bonds. The predicted molar refractivity (Wildman–Crippen MR) is 59.3 cm³/mol. The van der Waals surface area contributed by atoms with Crippen LogP contribution in [-0.2, 0) is 0 Å². The number of hydrogen-bond acceptors (Lipinski definition) is 0. The lowest BCUT2D eigenvalue weighted by Crippen LogP contribution is -2.16. The molecule has 1 unspecified atom stereocenters. The van der Waals surface area contributed by atoms with Crippen molar-refractivity contribution in [3.05, 3.63) is 29.3 Å². The highest BCUT2D eigenvalue weighted by molar-refractivity contribution is 6.54. The quantitative estimate of drug-likeness (QED) is 0.655. The van der Waals surface area contributed by atoms with Crippen LogP contribution in [0.15, 0.2) is 24.3 Å². The number of benzene rings is 1. The molecule has 0 aromatic heterocycles. The van der Waals surface area contributed by atoms with Crippen LogP contribution in [0.4, 0.5) is 0 Å². The summed E-state index contributed by atoms with van der Waals surface area (Å²) in [4.78, 5) is 0. The maximum absolute atomic E-state index is 5.80. The van der Waals surface area contributed by atoms with Crippen LogP contribution < -0.4 is 5.19 Å². The van der Waals surface area contributed by atoms with Gasteiger partial charge in [0.2, 0.25) is 0 Å². The highest BCUT2D eigenvalue weighted by Crippen LogP contribution is 2.07. The topological polar surface area (TPSA) is 0 Å². The van der Waals surface area contributed by atoms with E-state index in [1.165, 1.54) is 11.6 Å². The Bertz CT molecular complexity index is 230. The molecule has 1 aromatic carbocycles. The molecular weight excluding hydrogens is 184 g/mol. The zero-order valence-electron chi connectivity index (χ0n) is 7.68. The highest BCUT2D eigenvalue weighted by Gasteiger charge is 2.00. The minimum Gasteiger partial charge on any atom is -0.0843 e. The second kappa shape index (κ2) is 4.68. The van der Waals surface area contributed by atoms with Gasteiger partial charge in [-0.3, -0.25) is 0 Å². The second-order valence-electron chi connectivity index (χ2n) is 3.34. The Morgan fingerprint density at radius 1 is 1.33 bits per heavy atom. The fraction of sp³-hybridized carbons (Fsp3) is 0.400. The van der Waals surface area contributed by atoms with E-state index in [0.29, 0.717) is 0 Å². The van der Waals surface area contributed by atoms with Gasteiger partial charge in [-0.2, -0.15) is 0 Å². The third-order valence-corrected chi connectivity index (χ3v) is 4.66. The van der Waals surface area contributed by atoms with E-state index < -0.39 is 0 Å². The van der Waals surface area contributed by atoms with Crippen LogP contribution in [0.25, 0.3) is 0 Å². The van der Waals surface area contributed by atoms with Crippen LogP contribution in [0, 0.1) is 0 Å². The van der Waals surface area contributed by atoms with E-state index >= 15 is 0 Å². The first-order valence-electron chi connectivity index (χ1n) is 4.46. The predicted octanol–water partition coefficient (Wildman–Crippen LogP) is 2.35. The maximum atomic E-state index is 5.80. The third-order valence-electron chi connectivity index (χ3n) is 2.19. The van der Waals surface area contributed by atoms with Crippen LogP contribution in [0.5, 0.6) is 0 Å². The lowest BCUT2D eigenvalue weighted by Gasteiger charge is -2.06. The van der Waals surface area contributed by atoms with Crippen LogP contribution in [0.2, 0.25) is 10.6 Å². The molecule has 1 aromatic rings. The summed E-state index contributed by atoms with van der Waals surface area (Å²) in [6.45, 7) is 4.59. The smallest absolute Gasteiger partial charge is 0.0575 e. The molecule has 0 saturated heterocycles. The Morgan fingerprint density at radius 2 is 1.92 bits per heavy atom. The van der Waals surface area contributed by atoms with Gasteiger partial charge in [0.05, 0.1) is 9.52 Å². The molecule has 0 saturated carbocycles. The molecule has 0 spiro atoms. The minimum atomic E-state index is -0.0617. The first-order valence-corrected chi connectivity index (χ1v) is 6.37. The minimum absolute atomic E-state index is 0.0617. The van der Waals surface area contributed by atoms with Gasteiger partial charge in [0.25, 0.3) is 0 Å². The van der Waals surface area contributed by atoms with Crippen molar-refractivity contribution in [3.8, 4) is 0 Å². The number of rotatable bonds is 3. The van der Waals surface area contributed by atoms with Crippen molar-refractivity contribution in [1.29, 1.82) is 0 Å². The number of hydrogen-bond donors (Lipinski definition) is 0. The van der Waals surface area contributed by atoms with Crippen molar-refractivity contribution in [2.75, 3.05) is 0 Å². The molecule has 12 heavy (non-hydrogen) atoms. The molecule has 0 radical (unpaired) electrons. The molecule has 0 aliphatic carbocycles. The van der Waals surface area contributed by atoms with E-state index in [1.54, 1.807) is 0 Å². The van der Waals surface area contributed by atoms with E-state index in [4.69, 9.17) is 11.6 Å². The van der Waals surface area contributed by atoms with E-state index in [-0.39, 0.29) is 9.52 Å². The van der Waals surface area contributed by atoms with E-state index in [2.05, 4.69) is 26.0 Å². The van der Waals surface area contributed by atoms with Gasteiger partial charge in [0.15, 0.2) is 0 Å². The molecule has 0 N–H and O–H groups in total. The molecular formula is C10H15ClSi. The second-order valence-corrected chi connectivity index (χ2v) is 6.40. The van der Waals surface area contributed by atoms with Gasteiger partial charge in [-0.05, 0) is 17.7 Å². The van der Waals surface area contributed by atoms with Crippen LogP contribution in [0.3, 0.4) is 0 Å². The lowest BCUT2D eigenvalue weighted by molar-refractivity contribution is 0.874. The molecule has 1 atom stereocenters. The summed E-state index contributed by atoms with van der Waals surface area (Å²) in [7, 11) is -0.0617. The van der Waals surface area contributed by atoms with Gasteiger partial charge in [-0.15, -0.1) is 0 Å². The lowest BCUT2D eigenvalue weighted by atomic mass is 10.4. The van der Waals surface area contributed by atoms with Crippen LogP contribution in [-0.4, -0.2) is 9.52 Å². The summed E-state index contributed by atoms with van der Waals surface area (Å²) < 4.78 is 0. The largest absolute Gasteiger partial charge is 0.0843 e. The zero-order valence-corrected chi connectivity index (χ0v) is 9.85. The molecule has 0 nitrogen and oxygen atoms in total. The van der Waals surface area contributed by atoms with Gasteiger partial charge >= 0.3 is 0 Å². The Balaban J connectivity index is 2.58.